The summed E-state index contributed by atoms with van der Waals surface area (Å²) in [6, 6.07) is 2.40. The number of aryl methyl sites for hydroxylation is 2. The number of carbonyl (C=O) groups excluding carboxylic acids is 2. The molecule has 0 bridgehead atoms. The van der Waals surface area contributed by atoms with Crippen molar-refractivity contribution >= 4 is 21.8 Å². The molecule has 31 heavy (non-hydrogen) atoms. The van der Waals surface area contributed by atoms with Gasteiger partial charge in [-0.15, -0.1) is 0 Å². The number of amides is 2. The quantitative estimate of drug-likeness (QED) is 0.698. The molecule has 0 saturated carbocycles. The van der Waals surface area contributed by atoms with Gasteiger partial charge in [-0.2, -0.15) is 9.40 Å². The second-order valence-corrected chi connectivity index (χ2v) is 9.90. The Kier molecular flexibility index (Phi) is 6.56. The normalized spacial score (nSPS) is 16.5. The Hall–Kier alpha value is -2.66. The van der Waals surface area contributed by atoms with Crippen LogP contribution in [0.5, 0.6) is 0 Å². The Labute approximate surface area is 182 Å². The molecule has 1 aliphatic rings. The van der Waals surface area contributed by atoms with Crippen molar-refractivity contribution in [1.29, 1.82) is 0 Å². The minimum atomic E-state index is -3.71. The number of hydrogen-bond donors (Lipinski definition) is 1. The third-order valence-corrected chi connectivity index (χ3v) is 7.71. The fourth-order valence-corrected chi connectivity index (χ4v) is 5.56. The molecule has 3 heterocycles. The smallest absolute Gasteiger partial charge is 0.287 e. The lowest BCUT2D eigenvalue weighted by Gasteiger charge is -2.36. The first-order valence-electron chi connectivity index (χ1n) is 10.2. The maximum Gasteiger partial charge on any atom is 0.287 e. The van der Waals surface area contributed by atoms with Crippen LogP contribution < -0.4 is 5.32 Å². The molecule has 0 unspecified atom stereocenters. The average Bonchev–Trinajstić information content (AvgIpc) is 3.34. The van der Waals surface area contributed by atoms with Crippen LogP contribution in [0.1, 0.15) is 35.8 Å². The Morgan fingerprint density at radius 1 is 1.16 bits per heavy atom. The number of furan rings is 1. The van der Waals surface area contributed by atoms with Crippen molar-refractivity contribution in [1.82, 2.24) is 24.3 Å². The van der Waals surface area contributed by atoms with Crippen molar-refractivity contribution in [2.45, 2.75) is 38.6 Å². The molecule has 2 aromatic heterocycles. The monoisotopic (exact) mass is 451 g/mol. The molecule has 0 spiro atoms. The summed E-state index contributed by atoms with van der Waals surface area (Å²) >= 11 is 0. The zero-order valence-electron chi connectivity index (χ0n) is 18.5. The number of carbonyl (C=O) groups is 2. The lowest BCUT2D eigenvalue weighted by molar-refractivity contribution is -0.135. The van der Waals surface area contributed by atoms with E-state index in [1.807, 2.05) is 13.8 Å². The molecule has 2 aromatic rings. The van der Waals surface area contributed by atoms with Crippen LogP contribution in [0.3, 0.4) is 0 Å². The van der Waals surface area contributed by atoms with Gasteiger partial charge in [-0.25, -0.2) is 8.42 Å². The fraction of sp³-hybridized carbons (Fsp3) is 0.550. The number of piperazine rings is 1. The van der Waals surface area contributed by atoms with Crippen LogP contribution in [0.15, 0.2) is 27.7 Å². The van der Waals surface area contributed by atoms with E-state index in [4.69, 9.17) is 4.42 Å². The van der Waals surface area contributed by atoms with Gasteiger partial charge in [0, 0.05) is 33.2 Å². The first-order chi connectivity index (χ1) is 14.5. The number of aromatic nitrogens is 2. The summed E-state index contributed by atoms with van der Waals surface area (Å²) in [5, 5.41) is 6.94. The lowest BCUT2D eigenvalue weighted by Crippen LogP contribution is -2.57. The predicted molar refractivity (Wildman–Crippen MR) is 113 cm³/mol. The molecular formula is C20H29N5O5S. The standard InChI is InChI=1S/C20H29N5O5S/c1-13(2)17(21-19(26)16-7-6-12-30-16)20(27)24-8-10-25(11-9-24)31(28,29)18-14(3)22-23(5)15(18)4/h6-7,12-13,17H,8-11H2,1-5H3,(H,21,26)/t17-/m0/s1. The molecule has 1 aliphatic heterocycles. The van der Waals surface area contributed by atoms with Gasteiger partial charge in [-0.3, -0.25) is 14.3 Å². The fourth-order valence-electron chi connectivity index (χ4n) is 3.74. The molecule has 0 aliphatic carbocycles. The number of sulfonamides is 1. The van der Waals surface area contributed by atoms with Crippen LogP contribution in [-0.2, 0) is 21.9 Å². The highest BCUT2D eigenvalue weighted by molar-refractivity contribution is 7.89. The van der Waals surface area contributed by atoms with Crippen LogP contribution in [0, 0.1) is 19.8 Å². The zero-order valence-corrected chi connectivity index (χ0v) is 19.3. The van der Waals surface area contributed by atoms with Gasteiger partial charge in [0.05, 0.1) is 17.7 Å². The average molecular weight is 452 g/mol. The number of nitrogens with one attached hydrogen (secondary N) is 1. The zero-order chi connectivity index (χ0) is 22.9. The Balaban J connectivity index is 1.68. The van der Waals surface area contributed by atoms with Crippen molar-refractivity contribution in [2.75, 3.05) is 26.2 Å². The molecular weight excluding hydrogens is 422 g/mol. The maximum atomic E-state index is 13.1. The van der Waals surface area contributed by atoms with Crippen LogP contribution >= 0.6 is 0 Å². The van der Waals surface area contributed by atoms with E-state index >= 15 is 0 Å². The summed E-state index contributed by atoms with van der Waals surface area (Å²) in [6.07, 6.45) is 1.40. The lowest BCUT2D eigenvalue weighted by atomic mass is 10.0. The molecule has 0 radical (unpaired) electrons. The van der Waals surface area contributed by atoms with Crippen molar-refractivity contribution in [3.8, 4) is 0 Å². The van der Waals surface area contributed by atoms with Crippen LogP contribution in [0.2, 0.25) is 0 Å². The Bertz CT molecular complexity index is 1050. The molecule has 1 fully saturated rings. The number of rotatable bonds is 6. The minimum Gasteiger partial charge on any atom is -0.459 e. The SMILES string of the molecule is Cc1nn(C)c(C)c1S(=O)(=O)N1CCN(C(=O)[C@@H](NC(=O)c2ccco2)C(C)C)CC1. The predicted octanol–water partition coefficient (Wildman–Crippen LogP) is 0.917. The maximum absolute atomic E-state index is 13.1. The van der Waals surface area contributed by atoms with E-state index in [0.717, 1.165) is 0 Å². The highest BCUT2D eigenvalue weighted by atomic mass is 32.2. The van der Waals surface area contributed by atoms with Crippen molar-refractivity contribution in [3.05, 3.63) is 35.5 Å². The summed E-state index contributed by atoms with van der Waals surface area (Å²) in [6.45, 7) is 7.94. The summed E-state index contributed by atoms with van der Waals surface area (Å²) in [5.74, 6) is -0.702. The number of hydrogen-bond acceptors (Lipinski definition) is 6. The highest BCUT2D eigenvalue weighted by Crippen LogP contribution is 2.24. The van der Waals surface area contributed by atoms with Gasteiger partial charge in [-0.1, -0.05) is 13.8 Å². The summed E-state index contributed by atoms with van der Waals surface area (Å²) in [4.78, 5) is 27.2. The van der Waals surface area contributed by atoms with Gasteiger partial charge in [0.15, 0.2) is 5.76 Å². The Morgan fingerprint density at radius 2 is 1.81 bits per heavy atom. The minimum absolute atomic E-state index is 0.136. The molecule has 3 rings (SSSR count). The largest absolute Gasteiger partial charge is 0.459 e. The summed E-state index contributed by atoms with van der Waals surface area (Å²) in [7, 11) is -2.00. The van der Waals surface area contributed by atoms with Gasteiger partial charge < -0.3 is 14.6 Å². The van der Waals surface area contributed by atoms with Gasteiger partial charge >= 0.3 is 0 Å². The van der Waals surface area contributed by atoms with Crippen LogP contribution in [0.25, 0.3) is 0 Å². The van der Waals surface area contributed by atoms with Gasteiger partial charge in [-0.05, 0) is 31.9 Å². The molecule has 0 aromatic carbocycles. The Morgan fingerprint density at radius 3 is 2.29 bits per heavy atom. The molecule has 1 N–H and O–H groups in total. The highest BCUT2D eigenvalue weighted by Gasteiger charge is 2.36. The summed E-state index contributed by atoms with van der Waals surface area (Å²) in [5.41, 5.74) is 1.04. The molecule has 2 amide bonds. The van der Waals surface area contributed by atoms with Crippen LogP contribution in [0.4, 0.5) is 0 Å². The first-order valence-corrected chi connectivity index (χ1v) is 11.6. The van der Waals surface area contributed by atoms with E-state index in [0.29, 0.717) is 11.4 Å². The molecule has 1 atom stereocenters. The molecule has 10 nitrogen and oxygen atoms in total. The van der Waals surface area contributed by atoms with E-state index in [2.05, 4.69) is 10.4 Å². The molecule has 1 saturated heterocycles. The van der Waals surface area contributed by atoms with Gasteiger partial charge in [0.2, 0.25) is 15.9 Å². The van der Waals surface area contributed by atoms with E-state index in [-0.39, 0.29) is 48.7 Å². The van der Waals surface area contributed by atoms with E-state index in [1.165, 1.54) is 16.6 Å². The summed E-state index contributed by atoms with van der Waals surface area (Å²) < 4.78 is 34.3. The van der Waals surface area contributed by atoms with Crippen molar-refractivity contribution < 1.29 is 22.4 Å². The van der Waals surface area contributed by atoms with Gasteiger partial charge in [0.1, 0.15) is 10.9 Å². The third kappa shape index (κ3) is 4.52. The second-order valence-electron chi connectivity index (χ2n) is 8.03. The van der Waals surface area contributed by atoms with Crippen LogP contribution in [-0.4, -0.2) is 71.4 Å². The number of nitrogens with zero attached hydrogens (tertiary/aromatic N) is 4. The van der Waals surface area contributed by atoms with E-state index < -0.39 is 22.0 Å². The third-order valence-electron chi connectivity index (χ3n) is 5.56. The second kappa shape index (κ2) is 8.83. The first kappa shape index (κ1) is 23.0. The van der Waals surface area contributed by atoms with E-state index in [1.54, 1.807) is 36.5 Å². The topological polar surface area (TPSA) is 118 Å². The van der Waals surface area contributed by atoms with E-state index in [9.17, 15) is 18.0 Å². The van der Waals surface area contributed by atoms with Crippen molar-refractivity contribution in [2.24, 2.45) is 13.0 Å². The molecule has 11 heteroatoms. The van der Waals surface area contributed by atoms with Gasteiger partial charge in [0.25, 0.3) is 5.91 Å². The molecule has 170 valence electrons. The van der Waals surface area contributed by atoms with Crippen molar-refractivity contribution in [3.63, 3.8) is 0 Å².